The van der Waals surface area contributed by atoms with E-state index in [1.807, 2.05) is 60.7 Å². The van der Waals surface area contributed by atoms with Gasteiger partial charge >= 0.3 is 0 Å². The Hall–Kier alpha value is -3.21. The summed E-state index contributed by atoms with van der Waals surface area (Å²) in [7, 11) is 0. The van der Waals surface area contributed by atoms with Crippen LogP contribution in [0.5, 0.6) is 0 Å². The van der Waals surface area contributed by atoms with Gasteiger partial charge < -0.3 is 10.2 Å². The maximum atomic E-state index is 12.4. The van der Waals surface area contributed by atoms with Crippen molar-refractivity contribution in [2.45, 2.75) is 19.8 Å². The molecule has 2 aromatic carbocycles. The number of nitrogens with zero attached hydrogens (tertiary/aromatic N) is 2. The van der Waals surface area contributed by atoms with Gasteiger partial charge in [0.05, 0.1) is 11.2 Å². The largest absolute Gasteiger partial charge is 0.342 e. The summed E-state index contributed by atoms with van der Waals surface area (Å²) in [6.07, 6.45) is 2.73. The van der Waals surface area contributed by atoms with E-state index in [0.717, 1.165) is 17.3 Å². The molecule has 0 spiro atoms. The third-order valence-corrected chi connectivity index (χ3v) is 4.47. The minimum atomic E-state index is -0.126. The molecule has 5 nitrogen and oxygen atoms in total. The molecule has 0 saturated carbocycles. The fourth-order valence-corrected chi connectivity index (χ4v) is 2.99. The van der Waals surface area contributed by atoms with Gasteiger partial charge in [-0.1, -0.05) is 48.5 Å². The number of aromatic nitrogens is 1. The van der Waals surface area contributed by atoms with Crippen molar-refractivity contribution in [3.05, 3.63) is 72.4 Å². The number of anilines is 1. The minimum Gasteiger partial charge on any atom is -0.342 e. The first kappa shape index (κ1) is 18.6. The van der Waals surface area contributed by atoms with Crippen LogP contribution in [0.4, 0.5) is 5.69 Å². The van der Waals surface area contributed by atoms with E-state index in [2.05, 4.69) is 10.3 Å². The topological polar surface area (TPSA) is 62.3 Å². The Morgan fingerprint density at radius 3 is 2.52 bits per heavy atom. The highest BCUT2D eigenvalue weighted by Crippen LogP contribution is 2.20. The van der Waals surface area contributed by atoms with Gasteiger partial charge in [-0.15, -0.1) is 0 Å². The van der Waals surface area contributed by atoms with Gasteiger partial charge in [0.25, 0.3) is 0 Å². The van der Waals surface area contributed by atoms with Crippen LogP contribution < -0.4 is 5.32 Å². The molecule has 2 amide bonds. The molecule has 5 heteroatoms. The monoisotopic (exact) mass is 361 g/mol. The summed E-state index contributed by atoms with van der Waals surface area (Å²) in [6, 6.07) is 19.5. The number of fused-ring (bicyclic) bond motifs is 1. The van der Waals surface area contributed by atoms with E-state index in [-0.39, 0.29) is 18.2 Å². The molecule has 0 aliphatic heterocycles. The number of pyridine rings is 1. The summed E-state index contributed by atoms with van der Waals surface area (Å²) >= 11 is 0. The molecule has 0 aliphatic carbocycles. The Morgan fingerprint density at radius 1 is 0.963 bits per heavy atom. The number of hydrogen-bond acceptors (Lipinski definition) is 3. The zero-order valence-electron chi connectivity index (χ0n) is 15.4. The number of amides is 2. The molecule has 0 radical (unpaired) electrons. The summed E-state index contributed by atoms with van der Waals surface area (Å²) in [5.74, 6) is -0.148. The van der Waals surface area contributed by atoms with Gasteiger partial charge in [-0.05, 0) is 24.1 Å². The van der Waals surface area contributed by atoms with Crippen molar-refractivity contribution in [2.75, 3.05) is 18.4 Å². The van der Waals surface area contributed by atoms with Crippen molar-refractivity contribution in [3.8, 4) is 0 Å². The second kappa shape index (κ2) is 8.94. The summed E-state index contributed by atoms with van der Waals surface area (Å²) in [6.45, 7) is 2.53. The van der Waals surface area contributed by atoms with E-state index in [1.165, 1.54) is 12.5 Å². The van der Waals surface area contributed by atoms with Crippen LogP contribution in [0, 0.1) is 0 Å². The van der Waals surface area contributed by atoms with E-state index in [9.17, 15) is 9.59 Å². The van der Waals surface area contributed by atoms with E-state index >= 15 is 0 Å². The summed E-state index contributed by atoms with van der Waals surface area (Å²) in [5, 5.41) is 3.89. The molecule has 27 heavy (non-hydrogen) atoms. The molecule has 1 N–H and O–H groups in total. The van der Waals surface area contributed by atoms with Crippen molar-refractivity contribution >= 4 is 28.4 Å². The predicted octanol–water partition coefficient (Wildman–Crippen LogP) is 3.65. The van der Waals surface area contributed by atoms with Gasteiger partial charge in [-0.3, -0.25) is 14.6 Å². The first-order valence-electron chi connectivity index (χ1n) is 9.06. The van der Waals surface area contributed by atoms with Gasteiger partial charge in [0, 0.05) is 38.0 Å². The van der Waals surface area contributed by atoms with E-state index in [1.54, 1.807) is 11.1 Å². The van der Waals surface area contributed by atoms with Gasteiger partial charge in [0.15, 0.2) is 0 Å². The van der Waals surface area contributed by atoms with Crippen LogP contribution >= 0.6 is 0 Å². The highest BCUT2D eigenvalue weighted by atomic mass is 16.2. The highest BCUT2D eigenvalue weighted by Gasteiger charge is 2.12. The predicted molar refractivity (Wildman–Crippen MR) is 107 cm³/mol. The maximum absolute atomic E-state index is 12.4. The van der Waals surface area contributed by atoms with E-state index in [0.29, 0.717) is 18.8 Å². The molecule has 1 aromatic heterocycles. The Kier molecular flexibility index (Phi) is 6.15. The van der Waals surface area contributed by atoms with Crippen LogP contribution in [0.15, 0.2) is 66.9 Å². The van der Waals surface area contributed by atoms with Gasteiger partial charge in [0.1, 0.15) is 0 Å². The molecule has 3 rings (SSSR count). The summed E-state index contributed by atoms with van der Waals surface area (Å²) in [5.41, 5.74) is 2.63. The Labute approximate surface area is 159 Å². The Morgan fingerprint density at radius 2 is 1.74 bits per heavy atom. The molecule has 0 aliphatic rings. The lowest BCUT2D eigenvalue weighted by Gasteiger charge is -2.21. The van der Waals surface area contributed by atoms with Crippen molar-refractivity contribution in [1.82, 2.24) is 9.88 Å². The number of rotatable bonds is 7. The molecule has 0 saturated heterocycles. The number of para-hydroxylation sites is 1. The van der Waals surface area contributed by atoms with Crippen LogP contribution in [0.2, 0.25) is 0 Å². The zero-order valence-corrected chi connectivity index (χ0v) is 15.4. The lowest BCUT2D eigenvalue weighted by Crippen LogP contribution is -2.33. The van der Waals surface area contributed by atoms with Crippen molar-refractivity contribution in [2.24, 2.45) is 0 Å². The number of nitrogens with one attached hydrogen (secondary N) is 1. The quantitative estimate of drug-likeness (QED) is 0.699. The van der Waals surface area contributed by atoms with Gasteiger partial charge in [-0.25, -0.2) is 0 Å². The van der Waals surface area contributed by atoms with Crippen molar-refractivity contribution in [3.63, 3.8) is 0 Å². The third-order valence-electron chi connectivity index (χ3n) is 4.47. The van der Waals surface area contributed by atoms with Gasteiger partial charge in [0.2, 0.25) is 11.8 Å². The second-order valence-corrected chi connectivity index (χ2v) is 6.42. The van der Waals surface area contributed by atoms with E-state index in [4.69, 9.17) is 0 Å². The molecule has 0 bridgehead atoms. The van der Waals surface area contributed by atoms with Crippen LogP contribution in [0.1, 0.15) is 18.9 Å². The number of benzene rings is 2. The smallest absolute Gasteiger partial charge is 0.226 e. The lowest BCUT2D eigenvalue weighted by molar-refractivity contribution is -0.129. The normalized spacial score (nSPS) is 10.6. The number of carbonyl (C=O) groups excluding carboxylic acids is 2. The average molecular weight is 361 g/mol. The fraction of sp³-hybridized carbons (Fsp3) is 0.227. The first-order chi connectivity index (χ1) is 13.1. The highest BCUT2D eigenvalue weighted by molar-refractivity contribution is 6.00. The molecule has 0 atom stereocenters. The summed E-state index contributed by atoms with van der Waals surface area (Å²) < 4.78 is 0. The SMILES string of the molecule is CC(=O)N(CCC(=O)Nc1cccc2cccnc12)CCc1ccccc1. The standard InChI is InChI=1S/C22H23N3O2/c1-17(26)25(15-12-18-7-3-2-4-8-18)16-13-21(27)24-20-11-5-9-19-10-6-14-23-22(19)20/h2-11,14H,12-13,15-16H2,1H3,(H,24,27). The van der Waals surface area contributed by atoms with Crippen molar-refractivity contribution in [1.29, 1.82) is 0 Å². The Balaban J connectivity index is 1.56. The molecule has 1 heterocycles. The second-order valence-electron chi connectivity index (χ2n) is 6.42. The fourth-order valence-electron chi connectivity index (χ4n) is 2.99. The maximum Gasteiger partial charge on any atom is 0.226 e. The number of carbonyl (C=O) groups is 2. The molecule has 0 fully saturated rings. The lowest BCUT2D eigenvalue weighted by atomic mass is 10.1. The van der Waals surface area contributed by atoms with Crippen LogP contribution in [0.3, 0.4) is 0 Å². The molecular weight excluding hydrogens is 338 g/mol. The Bertz CT molecular complexity index is 920. The molecule has 0 unspecified atom stereocenters. The molecule has 3 aromatic rings. The molecule has 138 valence electrons. The molecular formula is C22H23N3O2. The summed E-state index contributed by atoms with van der Waals surface area (Å²) in [4.78, 5) is 30.3. The van der Waals surface area contributed by atoms with Gasteiger partial charge in [-0.2, -0.15) is 0 Å². The number of hydrogen-bond donors (Lipinski definition) is 1. The van der Waals surface area contributed by atoms with Crippen LogP contribution in [0.25, 0.3) is 10.9 Å². The average Bonchev–Trinajstić information content (AvgIpc) is 2.69. The van der Waals surface area contributed by atoms with Crippen molar-refractivity contribution < 1.29 is 9.59 Å². The third kappa shape index (κ3) is 5.14. The zero-order chi connectivity index (χ0) is 19.1. The first-order valence-corrected chi connectivity index (χ1v) is 9.06. The van der Waals surface area contributed by atoms with E-state index < -0.39 is 0 Å². The minimum absolute atomic E-state index is 0.0226. The van der Waals surface area contributed by atoms with Crippen LogP contribution in [-0.4, -0.2) is 34.8 Å². The van der Waals surface area contributed by atoms with Crippen LogP contribution in [-0.2, 0) is 16.0 Å².